The summed E-state index contributed by atoms with van der Waals surface area (Å²) in [5.74, 6) is 4.89. The van der Waals surface area contributed by atoms with Crippen LogP contribution in [0.25, 0.3) is 0 Å². The highest BCUT2D eigenvalue weighted by molar-refractivity contribution is 5.96. The number of amides is 1. The van der Waals surface area contributed by atoms with E-state index >= 15 is 0 Å². The summed E-state index contributed by atoms with van der Waals surface area (Å²) in [6.45, 7) is 1.89. The third-order valence-electron chi connectivity index (χ3n) is 2.57. The zero-order chi connectivity index (χ0) is 14.3. The van der Waals surface area contributed by atoms with E-state index in [1.54, 1.807) is 38.2 Å². The van der Waals surface area contributed by atoms with E-state index < -0.39 is 0 Å². The van der Waals surface area contributed by atoms with Gasteiger partial charge in [-0.2, -0.15) is 5.26 Å². The molecule has 0 saturated heterocycles. The molecule has 0 aliphatic carbocycles. The maximum atomic E-state index is 12.3. The normalized spacial score (nSPS) is 10.8. The van der Waals surface area contributed by atoms with Crippen molar-refractivity contribution >= 4 is 5.91 Å². The van der Waals surface area contributed by atoms with Crippen LogP contribution in [-0.2, 0) is 0 Å². The topological polar surface area (TPSA) is 64.3 Å². The first-order chi connectivity index (χ1) is 9.10. The lowest BCUT2D eigenvalue weighted by atomic mass is 10.1. The number of nitriles is 1. The summed E-state index contributed by atoms with van der Waals surface area (Å²) in [7, 11) is 1.66. The van der Waals surface area contributed by atoms with Gasteiger partial charge in [0.2, 0.25) is 0 Å². The molecule has 0 heterocycles. The highest BCUT2D eigenvalue weighted by Gasteiger charge is 2.16. The predicted molar refractivity (Wildman–Crippen MR) is 72.1 cm³/mol. The molecule has 0 bridgehead atoms. The van der Waals surface area contributed by atoms with Gasteiger partial charge in [0, 0.05) is 19.2 Å². The van der Waals surface area contributed by atoms with Crippen LogP contribution in [0.3, 0.4) is 0 Å². The molecule has 98 valence electrons. The number of rotatable bonds is 3. The molecule has 0 spiro atoms. The minimum atomic E-state index is -0.246. The summed E-state index contributed by atoms with van der Waals surface area (Å²) < 4.78 is 0. The Morgan fingerprint density at radius 3 is 2.79 bits per heavy atom. The van der Waals surface area contributed by atoms with E-state index in [1.165, 1.54) is 4.90 Å². The minimum Gasteiger partial charge on any atom is -0.384 e. The van der Waals surface area contributed by atoms with Crippen molar-refractivity contribution in [3.8, 4) is 17.9 Å². The Labute approximate surface area is 113 Å². The highest BCUT2D eigenvalue weighted by atomic mass is 16.2. The molecule has 0 aromatic heterocycles. The molecule has 4 heteroatoms. The summed E-state index contributed by atoms with van der Waals surface area (Å²) in [5, 5.41) is 17.5. The van der Waals surface area contributed by atoms with Gasteiger partial charge >= 0.3 is 0 Å². The summed E-state index contributed by atoms with van der Waals surface area (Å²) >= 11 is 0. The molecule has 0 saturated carbocycles. The van der Waals surface area contributed by atoms with Gasteiger partial charge in [-0.1, -0.05) is 24.0 Å². The fourth-order valence-corrected chi connectivity index (χ4v) is 1.65. The van der Waals surface area contributed by atoms with Crippen molar-refractivity contribution in [1.29, 1.82) is 5.26 Å². The fourth-order valence-electron chi connectivity index (χ4n) is 1.65. The maximum Gasteiger partial charge on any atom is 0.254 e. The van der Waals surface area contributed by atoms with Gasteiger partial charge in [0.25, 0.3) is 5.91 Å². The van der Waals surface area contributed by atoms with Crippen molar-refractivity contribution in [2.24, 2.45) is 5.92 Å². The lowest BCUT2D eigenvalue weighted by molar-refractivity contribution is 0.0785. The first-order valence-corrected chi connectivity index (χ1v) is 5.94. The van der Waals surface area contributed by atoms with Gasteiger partial charge in [-0.25, -0.2) is 0 Å². The van der Waals surface area contributed by atoms with Crippen molar-refractivity contribution in [2.75, 3.05) is 20.2 Å². The number of nitrogens with zero attached hydrogens (tertiary/aromatic N) is 2. The summed E-state index contributed by atoms with van der Waals surface area (Å²) in [4.78, 5) is 13.8. The van der Waals surface area contributed by atoms with Crippen molar-refractivity contribution in [2.45, 2.75) is 6.92 Å². The zero-order valence-electron chi connectivity index (χ0n) is 11.1. The average molecular weight is 256 g/mol. The summed E-state index contributed by atoms with van der Waals surface area (Å²) in [6.07, 6.45) is 0. The van der Waals surface area contributed by atoms with Crippen LogP contribution in [0.15, 0.2) is 24.3 Å². The highest BCUT2D eigenvalue weighted by Crippen LogP contribution is 2.11. The first-order valence-electron chi connectivity index (χ1n) is 5.94. The second-order valence-electron chi connectivity index (χ2n) is 4.22. The van der Waals surface area contributed by atoms with E-state index in [-0.39, 0.29) is 18.4 Å². The van der Waals surface area contributed by atoms with Crippen molar-refractivity contribution in [3.63, 3.8) is 0 Å². The Morgan fingerprint density at radius 1 is 1.47 bits per heavy atom. The van der Waals surface area contributed by atoms with Gasteiger partial charge in [-0.15, -0.1) is 0 Å². The number of hydrogen-bond acceptors (Lipinski definition) is 3. The Morgan fingerprint density at radius 2 is 2.16 bits per heavy atom. The van der Waals surface area contributed by atoms with E-state index in [0.29, 0.717) is 17.7 Å². The SMILES string of the molecule is CC(C#N)CN(C)C(=O)c1ccccc1C#CCO. The average Bonchev–Trinajstić information content (AvgIpc) is 2.44. The first kappa shape index (κ1) is 14.8. The van der Waals surface area contributed by atoms with Crippen molar-refractivity contribution in [1.82, 2.24) is 4.90 Å². The quantitative estimate of drug-likeness (QED) is 0.828. The molecule has 1 N–H and O–H groups in total. The fraction of sp³-hybridized carbons (Fsp3) is 0.333. The van der Waals surface area contributed by atoms with Crippen LogP contribution in [0.2, 0.25) is 0 Å². The van der Waals surface area contributed by atoms with Crippen LogP contribution in [-0.4, -0.2) is 36.1 Å². The van der Waals surface area contributed by atoms with E-state index in [0.717, 1.165) is 0 Å². The Balaban J connectivity index is 2.97. The molecule has 1 amide bonds. The largest absolute Gasteiger partial charge is 0.384 e. The molecule has 0 radical (unpaired) electrons. The van der Waals surface area contributed by atoms with E-state index in [1.807, 2.05) is 0 Å². The van der Waals surface area contributed by atoms with Crippen molar-refractivity contribution in [3.05, 3.63) is 35.4 Å². The number of benzene rings is 1. The molecule has 4 nitrogen and oxygen atoms in total. The van der Waals surface area contributed by atoms with Crippen LogP contribution in [0.1, 0.15) is 22.8 Å². The molecule has 0 aliphatic heterocycles. The molecular weight excluding hydrogens is 240 g/mol. The molecule has 19 heavy (non-hydrogen) atoms. The van der Waals surface area contributed by atoms with E-state index in [2.05, 4.69) is 17.9 Å². The van der Waals surface area contributed by atoms with Gasteiger partial charge in [0.1, 0.15) is 6.61 Å². The second-order valence-corrected chi connectivity index (χ2v) is 4.22. The van der Waals surface area contributed by atoms with E-state index in [4.69, 9.17) is 10.4 Å². The summed E-state index contributed by atoms with van der Waals surface area (Å²) in [6, 6.07) is 9.07. The van der Waals surface area contributed by atoms with Crippen LogP contribution in [0, 0.1) is 29.1 Å². The maximum absolute atomic E-state index is 12.3. The van der Waals surface area contributed by atoms with Gasteiger partial charge in [0.15, 0.2) is 0 Å². The number of carbonyl (C=O) groups excluding carboxylic acids is 1. The molecule has 0 aliphatic rings. The molecule has 1 unspecified atom stereocenters. The van der Waals surface area contributed by atoms with E-state index in [9.17, 15) is 4.79 Å². The van der Waals surface area contributed by atoms with Crippen LogP contribution in [0.5, 0.6) is 0 Å². The van der Waals surface area contributed by atoms with Gasteiger partial charge < -0.3 is 10.0 Å². The van der Waals surface area contributed by atoms with Gasteiger partial charge in [-0.3, -0.25) is 4.79 Å². The monoisotopic (exact) mass is 256 g/mol. The molecule has 1 atom stereocenters. The smallest absolute Gasteiger partial charge is 0.254 e. The van der Waals surface area contributed by atoms with Crippen LogP contribution < -0.4 is 0 Å². The zero-order valence-corrected chi connectivity index (χ0v) is 11.1. The molecule has 1 rings (SSSR count). The van der Waals surface area contributed by atoms with Crippen LogP contribution >= 0.6 is 0 Å². The number of aliphatic hydroxyl groups is 1. The second kappa shape index (κ2) is 7.20. The third kappa shape index (κ3) is 4.13. The number of carbonyl (C=O) groups is 1. The Hall–Kier alpha value is -2.30. The minimum absolute atomic E-state index is 0.176. The lowest BCUT2D eigenvalue weighted by Gasteiger charge is -2.19. The number of aliphatic hydroxyl groups excluding tert-OH is 1. The molecule has 1 aromatic carbocycles. The molecule has 0 fully saturated rings. The Bertz CT molecular complexity index is 549. The van der Waals surface area contributed by atoms with Crippen LogP contribution in [0.4, 0.5) is 0 Å². The summed E-state index contributed by atoms with van der Waals surface area (Å²) in [5.41, 5.74) is 1.06. The number of hydrogen-bond donors (Lipinski definition) is 1. The Kier molecular flexibility index (Phi) is 5.60. The lowest BCUT2D eigenvalue weighted by Crippen LogP contribution is -2.31. The third-order valence-corrected chi connectivity index (χ3v) is 2.57. The molecular formula is C15H16N2O2. The predicted octanol–water partition coefficient (Wildman–Crippen LogP) is 1.26. The standard InChI is InChI=1S/C15H16N2O2/c1-12(10-16)11-17(2)15(19)14-8-4-3-6-13(14)7-5-9-18/h3-4,6,8,12,18H,9,11H2,1-2H3. The molecule has 1 aromatic rings. The van der Waals surface area contributed by atoms with Gasteiger partial charge in [0.05, 0.1) is 17.6 Å². The van der Waals surface area contributed by atoms with Crippen molar-refractivity contribution < 1.29 is 9.90 Å². The van der Waals surface area contributed by atoms with Gasteiger partial charge in [-0.05, 0) is 19.1 Å².